The van der Waals surface area contributed by atoms with Gasteiger partial charge in [0, 0.05) is 30.2 Å². The first-order valence-electron chi connectivity index (χ1n) is 8.74. The third-order valence-corrected chi connectivity index (χ3v) is 5.76. The van der Waals surface area contributed by atoms with Crippen molar-refractivity contribution in [2.24, 2.45) is 0 Å². The lowest BCUT2D eigenvalue weighted by Crippen LogP contribution is -2.28. The number of H-pyrrole nitrogens is 1. The Balaban J connectivity index is 1.62. The van der Waals surface area contributed by atoms with Gasteiger partial charge in [-0.15, -0.1) is 0 Å². The molecule has 3 aromatic rings. The standard InChI is InChI=1S/C20H21N3O4S/c1-13-3-6-17(14(2)11-13)22-20(25)9-10-21-28(26,27)16-5-7-18-15(12-16)4-8-19(24)23-18/h3-8,11-12,21H,9-10H2,1-2H3,(H,22,25)(H,23,24). The number of hydrogen-bond donors (Lipinski definition) is 3. The summed E-state index contributed by atoms with van der Waals surface area (Å²) in [5.41, 5.74) is 3.06. The van der Waals surface area contributed by atoms with Gasteiger partial charge in [0.15, 0.2) is 0 Å². The van der Waals surface area contributed by atoms with Crippen LogP contribution in [0, 0.1) is 13.8 Å². The number of carbonyl (C=O) groups is 1. The fraction of sp³-hybridized carbons (Fsp3) is 0.200. The number of benzene rings is 2. The molecule has 0 spiro atoms. The molecule has 1 aromatic heterocycles. The van der Waals surface area contributed by atoms with Crippen molar-refractivity contribution < 1.29 is 13.2 Å². The van der Waals surface area contributed by atoms with Gasteiger partial charge in [0.2, 0.25) is 21.5 Å². The van der Waals surface area contributed by atoms with E-state index >= 15 is 0 Å². The highest BCUT2D eigenvalue weighted by molar-refractivity contribution is 7.89. The van der Waals surface area contributed by atoms with Crippen LogP contribution in [0.5, 0.6) is 0 Å². The molecule has 1 heterocycles. The summed E-state index contributed by atoms with van der Waals surface area (Å²) in [6.45, 7) is 3.85. The quantitative estimate of drug-likeness (QED) is 0.592. The average molecular weight is 399 g/mol. The number of aromatic nitrogens is 1. The molecule has 0 saturated carbocycles. The maximum absolute atomic E-state index is 12.5. The number of nitrogens with one attached hydrogen (secondary N) is 3. The molecule has 0 bridgehead atoms. The number of carbonyl (C=O) groups excluding carboxylic acids is 1. The number of aromatic amines is 1. The predicted octanol–water partition coefficient (Wildman–Crippen LogP) is 2.45. The molecule has 3 rings (SSSR count). The third kappa shape index (κ3) is 4.65. The van der Waals surface area contributed by atoms with Crippen molar-refractivity contribution in [3.8, 4) is 0 Å². The van der Waals surface area contributed by atoms with E-state index in [0.29, 0.717) is 16.6 Å². The fourth-order valence-electron chi connectivity index (χ4n) is 2.85. The molecule has 0 aliphatic rings. The first-order valence-corrected chi connectivity index (χ1v) is 10.2. The van der Waals surface area contributed by atoms with E-state index in [-0.39, 0.29) is 29.3 Å². The van der Waals surface area contributed by atoms with Crippen LogP contribution in [-0.2, 0) is 14.8 Å². The van der Waals surface area contributed by atoms with Crippen LogP contribution >= 0.6 is 0 Å². The molecule has 0 unspecified atom stereocenters. The highest BCUT2D eigenvalue weighted by Crippen LogP contribution is 2.17. The number of rotatable bonds is 6. The first-order chi connectivity index (χ1) is 13.2. The molecule has 0 aliphatic carbocycles. The molecule has 146 valence electrons. The molecule has 1 amide bonds. The van der Waals surface area contributed by atoms with E-state index < -0.39 is 10.0 Å². The Labute approximate surface area is 162 Å². The SMILES string of the molecule is Cc1ccc(NC(=O)CCNS(=O)(=O)c2ccc3[nH]c(=O)ccc3c2)c(C)c1. The van der Waals surface area contributed by atoms with E-state index in [1.807, 2.05) is 32.0 Å². The molecule has 7 nitrogen and oxygen atoms in total. The lowest BCUT2D eigenvalue weighted by atomic mass is 10.1. The van der Waals surface area contributed by atoms with Crippen LogP contribution in [0.2, 0.25) is 0 Å². The van der Waals surface area contributed by atoms with Crippen molar-refractivity contribution in [2.75, 3.05) is 11.9 Å². The summed E-state index contributed by atoms with van der Waals surface area (Å²) in [5.74, 6) is -0.272. The van der Waals surface area contributed by atoms with Crippen molar-refractivity contribution in [1.29, 1.82) is 0 Å². The van der Waals surface area contributed by atoms with E-state index in [4.69, 9.17) is 0 Å². The van der Waals surface area contributed by atoms with Gasteiger partial charge >= 0.3 is 0 Å². The van der Waals surface area contributed by atoms with E-state index in [9.17, 15) is 18.0 Å². The first kappa shape index (κ1) is 19.8. The van der Waals surface area contributed by atoms with E-state index in [0.717, 1.165) is 11.1 Å². The normalized spacial score (nSPS) is 11.5. The number of hydrogen-bond acceptors (Lipinski definition) is 4. The van der Waals surface area contributed by atoms with Crippen molar-refractivity contribution >= 4 is 32.5 Å². The molecule has 0 fully saturated rings. The highest BCUT2D eigenvalue weighted by atomic mass is 32.2. The van der Waals surface area contributed by atoms with Gasteiger partial charge in [-0.2, -0.15) is 0 Å². The molecule has 0 radical (unpaired) electrons. The number of fused-ring (bicyclic) bond motifs is 1. The Bertz CT molecular complexity index is 1200. The Morgan fingerprint density at radius 2 is 1.82 bits per heavy atom. The minimum absolute atomic E-state index is 0.00739. The highest BCUT2D eigenvalue weighted by Gasteiger charge is 2.15. The Morgan fingerprint density at radius 3 is 2.57 bits per heavy atom. The van der Waals surface area contributed by atoms with Crippen LogP contribution in [0.15, 0.2) is 58.2 Å². The largest absolute Gasteiger partial charge is 0.326 e. The molecule has 8 heteroatoms. The van der Waals surface area contributed by atoms with E-state index in [1.165, 1.54) is 24.3 Å². The zero-order valence-corrected chi connectivity index (χ0v) is 16.4. The summed E-state index contributed by atoms with van der Waals surface area (Å²) in [4.78, 5) is 26.1. The van der Waals surface area contributed by atoms with Gasteiger partial charge in [-0.05, 0) is 55.1 Å². The molecule has 28 heavy (non-hydrogen) atoms. The fourth-order valence-corrected chi connectivity index (χ4v) is 3.92. The summed E-state index contributed by atoms with van der Waals surface area (Å²) >= 11 is 0. The summed E-state index contributed by atoms with van der Waals surface area (Å²) in [6.07, 6.45) is 0.00739. The topological polar surface area (TPSA) is 108 Å². The predicted molar refractivity (Wildman–Crippen MR) is 109 cm³/mol. The van der Waals surface area contributed by atoms with Gasteiger partial charge in [-0.1, -0.05) is 17.7 Å². The average Bonchev–Trinajstić information content (AvgIpc) is 2.63. The number of pyridine rings is 1. The maximum atomic E-state index is 12.5. The second-order valence-corrected chi connectivity index (χ2v) is 8.35. The zero-order valence-electron chi connectivity index (χ0n) is 15.6. The van der Waals surface area contributed by atoms with Gasteiger partial charge in [0.1, 0.15) is 0 Å². The number of amides is 1. The number of anilines is 1. The summed E-state index contributed by atoms with van der Waals surface area (Å²) < 4.78 is 27.4. The Morgan fingerprint density at radius 1 is 1.04 bits per heavy atom. The second kappa shape index (κ2) is 7.95. The smallest absolute Gasteiger partial charge is 0.248 e. The molecular weight excluding hydrogens is 378 g/mol. The van der Waals surface area contributed by atoms with Crippen LogP contribution in [0.1, 0.15) is 17.5 Å². The van der Waals surface area contributed by atoms with Crippen LogP contribution < -0.4 is 15.6 Å². The van der Waals surface area contributed by atoms with Gasteiger partial charge in [-0.3, -0.25) is 9.59 Å². The second-order valence-electron chi connectivity index (χ2n) is 6.59. The van der Waals surface area contributed by atoms with Crippen molar-refractivity contribution in [3.63, 3.8) is 0 Å². The molecule has 0 atom stereocenters. The van der Waals surface area contributed by atoms with Gasteiger partial charge in [0.05, 0.1) is 4.90 Å². The maximum Gasteiger partial charge on any atom is 0.248 e. The molecule has 0 saturated heterocycles. The van der Waals surface area contributed by atoms with Crippen molar-refractivity contribution in [3.05, 3.63) is 70.0 Å². The zero-order chi connectivity index (χ0) is 20.3. The molecule has 0 aliphatic heterocycles. The van der Waals surface area contributed by atoms with Crippen molar-refractivity contribution in [1.82, 2.24) is 9.71 Å². The molecule has 3 N–H and O–H groups in total. The van der Waals surface area contributed by atoms with E-state index in [2.05, 4.69) is 15.0 Å². The van der Waals surface area contributed by atoms with Crippen molar-refractivity contribution in [2.45, 2.75) is 25.2 Å². The number of aryl methyl sites for hydroxylation is 2. The van der Waals surface area contributed by atoms with Gasteiger partial charge < -0.3 is 10.3 Å². The minimum atomic E-state index is -3.77. The van der Waals surface area contributed by atoms with Crippen LogP contribution in [-0.4, -0.2) is 25.9 Å². The Kier molecular flexibility index (Phi) is 5.62. The third-order valence-electron chi connectivity index (χ3n) is 4.31. The monoisotopic (exact) mass is 399 g/mol. The van der Waals surface area contributed by atoms with Gasteiger partial charge in [-0.25, -0.2) is 13.1 Å². The lowest BCUT2D eigenvalue weighted by molar-refractivity contribution is -0.116. The van der Waals surface area contributed by atoms with Gasteiger partial charge in [0.25, 0.3) is 0 Å². The van der Waals surface area contributed by atoms with E-state index in [1.54, 1.807) is 6.07 Å². The summed E-state index contributed by atoms with van der Waals surface area (Å²) in [6, 6.07) is 13.0. The number of sulfonamides is 1. The summed E-state index contributed by atoms with van der Waals surface area (Å²) in [7, 11) is -3.77. The van der Waals surface area contributed by atoms with Crippen LogP contribution in [0.4, 0.5) is 5.69 Å². The van der Waals surface area contributed by atoms with Crippen LogP contribution in [0.3, 0.4) is 0 Å². The minimum Gasteiger partial charge on any atom is -0.326 e. The lowest BCUT2D eigenvalue weighted by Gasteiger charge is -2.10. The molecular formula is C20H21N3O4S. The Hall–Kier alpha value is -2.97. The van der Waals surface area contributed by atoms with Crippen LogP contribution in [0.25, 0.3) is 10.9 Å². The summed E-state index contributed by atoms with van der Waals surface area (Å²) in [5, 5.41) is 3.39. The molecule has 2 aromatic carbocycles.